The van der Waals surface area contributed by atoms with E-state index in [0.717, 1.165) is 22.4 Å². The number of amides is 1. The van der Waals surface area contributed by atoms with Crippen molar-refractivity contribution in [1.82, 2.24) is 4.90 Å². The minimum Gasteiger partial charge on any atom is -0.493 e. The third kappa shape index (κ3) is 3.37. The Balaban J connectivity index is 1.83. The van der Waals surface area contributed by atoms with Gasteiger partial charge in [-0.3, -0.25) is 9.69 Å². The minimum absolute atomic E-state index is 0.0116. The predicted molar refractivity (Wildman–Crippen MR) is 106 cm³/mol. The first-order chi connectivity index (χ1) is 12.4. The van der Waals surface area contributed by atoms with Crippen LogP contribution in [-0.2, 0) is 11.3 Å². The van der Waals surface area contributed by atoms with E-state index in [2.05, 4.69) is 6.07 Å². The Morgan fingerprint density at radius 1 is 1.04 bits per heavy atom. The highest BCUT2D eigenvalue weighted by atomic mass is 32.1. The first-order valence-corrected chi connectivity index (χ1v) is 8.75. The van der Waals surface area contributed by atoms with Gasteiger partial charge in [-0.1, -0.05) is 23.8 Å². The first-order valence-electron chi connectivity index (χ1n) is 8.34. The molecule has 1 fully saturated rings. The number of nitrogens with zero attached hydrogens (tertiary/aromatic N) is 2. The van der Waals surface area contributed by atoms with Crippen molar-refractivity contribution in [3.05, 3.63) is 53.1 Å². The highest BCUT2D eigenvalue weighted by Crippen LogP contribution is 2.30. The molecule has 6 heteroatoms. The van der Waals surface area contributed by atoms with E-state index in [0.29, 0.717) is 23.2 Å². The molecule has 0 saturated carbocycles. The molecule has 0 unspecified atom stereocenters. The second-order valence-electron chi connectivity index (χ2n) is 6.35. The Morgan fingerprint density at radius 3 is 2.42 bits per heavy atom. The van der Waals surface area contributed by atoms with Crippen LogP contribution in [0.25, 0.3) is 0 Å². The van der Waals surface area contributed by atoms with Crippen LogP contribution in [0.4, 0.5) is 5.69 Å². The minimum atomic E-state index is -0.0116. The molecule has 26 heavy (non-hydrogen) atoms. The summed E-state index contributed by atoms with van der Waals surface area (Å²) in [5, 5.41) is 0.525. The maximum Gasteiger partial charge on any atom is 0.252 e. The van der Waals surface area contributed by atoms with Crippen molar-refractivity contribution < 1.29 is 14.3 Å². The van der Waals surface area contributed by atoms with Crippen LogP contribution in [-0.4, -0.2) is 36.7 Å². The van der Waals surface area contributed by atoms with Crippen LogP contribution < -0.4 is 14.4 Å². The fraction of sp³-hybridized carbons (Fsp3) is 0.300. The van der Waals surface area contributed by atoms with Crippen LogP contribution in [0.2, 0.25) is 0 Å². The van der Waals surface area contributed by atoms with Crippen LogP contribution in [0.3, 0.4) is 0 Å². The Hall–Kier alpha value is -2.60. The zero-order valence-corrected chi connectivity index (χ0v) is 16.2. The summed E-state index contributed by atoms with van der Waals surface area (Å²) < 4.78 is 10.6. The van der Waals surface area contributed by atoms with Gasteiger partial charge in [-0.2, -0.15) is 0 Å². The van der Waals surface area contributed by atoms with Crippen molar-refractivity contribution in [2.45, 2.75) is 20.4 Å². The van der Waals surface area contributed by atoms with Crippen LogP contribution in [0, 0.1) is 13.8 Å². The second-order valence-corrected chi connectivity index (χ2v) is 6.71. The highest BCUT2D eigenvalue weighted by Gasteiger charge is 2.34. The van der Waals surface area contributed by atoms with E-state index in [1.807, 2.05) is 49.1 Å². The largest absolute Gasteiger partial charge is 0.493 e. The van der Waals surface area contributed by atoms with Crippen molar-refractivity contribution >= 4 is 28.9 Å². The number of rotatable bonds is 5. The van der Waals surface area contributed by atoms with E-state index < -0.39 is 0 Å². The molecule has 2 aromatic rings. The van der Waals surface area contributed by atoms with E-state index in [1.54, 1.807) is 19.1 Å². The lowest BCUT2D eigenvalue weighted by Crippen LogP contribution is -2.33. The molecule has 1 amide bonds. The number of carbonyl (C=O) groups excluding carboxylic acids is 1. The lowest BCUT2D eigenvalue weighted by Gasteiger charge is -2.22. The molecule has 2 aromatic carbocycles. The molecule has 0 aromatic heterocycles. The summed E-state index contributed by atoms with van der Waals surface area (Å²) in [5.41, 5.74) is 4.04. The van der Waals surface area contributed by atoms with E-state index in [1.165, 1.54) is 0 Å². The maximum atomic E-state index is 12.6. The SMILES string of the molecule is COc1ccc(CN2CC(=O)N(c3ccc(C)cc3C)C2=S)cc1OC. The van der Waals surface area contributed by atoms with Gasteiger partial charge in [-0.25, -0.2) is 0 Å². The molecular weight excluding hydrogens is 348 g/mol. The van der Waals surface area contributed by atoms with Crippen molar-refractivity contribution in [2.75, 3.05) is 25.7 Å². The average Bonchev–Trinajstić information content (AvgIpc) is 2.89. The third-order valence-electron chi connectivity index (χ3n) is 4.45. The second kappa shape index (κ2) is 7.33. The molecule has 0 spiro atoms. The topological polar surface area (TPSA) is 42.0 Å². The molecule has 0 atom stereocenters. The summed E-state index contributed by atoms with van der Waals surface area (Å²) in [5.74, 6) is 1.32. The molecule has 1 aliphatic rings. The summed E-state index contributed by atoms with van der Waals surface area (Å²) in [6.45, 7) is 4.83. The number of methoxy groups -OCH3 is 2. The van der Waals surface area contributed by atoms with E-state index in [-0.39, 0.29) is 12.5 Å². The molecule has 5 nitrogen and oxygen atoms in total. The monoisotopic (exact) mass is 370 g/mol. The standard InChI is InChI=1S/C20H22N2O3S/c1-13-5-7-16(14(2)9-13)22-19(23)12-21(20(22)26)11-15-6-8-17(24-3)18(10-15)25-4/h5-10H,11-12H2,1-4H3. The van der Waals surface area contributed by atoms with Gasteiger partial charge in [0, 0.05) is 6.54 Å². The van der Waals surface area contributed by atoms with Gasteiger partial charge in [0.25, 0.3) is 5.91 Å². The van der Waals surface area contributed by atoms with Crippen molar-refractivity contribution in [3.63, 3.8) is 0 Å². The van der Waals surface area contributed by atoms with Crippen LogP contribution >= 0.6 is 12.2 Å². The predicted octanol–water partition coefficient (Wildman–Crippen LogP) is 3.45. The summed E-state index contributed by atoms with van der Waals surface area (Å²) in [6.07, 6.45) is 0. The van der Waals surface area contributed by atoms with Gasteiger partial charge in [-0.05, 0) is 55.4 Å². The van der Waals surface area contributed by atoms with Crippen LogP contribution in [0.1, 0.15) is 16.7 Å². The highest BCUT2D eigenvalue weighted by molar-refractivity contribution is 7.80. The van der Waals surface area contributed by atoms with Crippen molar-refractivity contribution in [3.8, 4) is 11.5 Å². The van der Waals surface area contributed by atoms with E-state index in [4.69, 9.17) is 21.7 Å². The number of carbonyl (C=O) groups is 1. The fourth-order valence-electron chi connectivity index (χ4n) is 3.17. The molecule has 3 rings (SSSR count). The summed E-state index contributed by atoms with van der Waals surface area (Å²) in [6, 6.07) is 11.7. The Kier molecular flexibility index (Phi) is 5.13. The Morgan fingerprint density at radius 2 is 1.77 bits per heavy atom. The van der Waals surface area contributed by atoms with Gasteiger partial charge in [0.05, 0.1) is 19.9 Å². The zero-order valence-electron chi connectivity index (χ0n) is 15.4. The smallest absolute Gasteiger partial charge is 0.252 e. The van der Waals surface area contributed by atoms with Gasteiger partial charge < -0.3 is 14.4 Å². The van der Waals surface area contributed by atoms with Gasteiger partial charge in [0.1, 0.15) is 6.54 Å². The number of ether oxygens (including phenoxy) is 2. The quantitative estimate of drug-likeness (QED) is 0.754. The zero-order chi connectivity index (χ0) is 18.8. The van der Waals surface area contributed by atoms with E-state index >= 15 is 0 Å². The van der Waals surface area contributed by atoms with Crippen molar-refractivity contribution in [1.29, 1.82) is 0 Å². The normalized spacial score (nSPS) is 14.2. The fourth-order valence-corrected chi connectivity index (χ4v) is 3.50. The number of hydrogen-bond donors (Lipinski definition) is 0. The molecular formula is C20H22N2O3S. The van der Waals surface area contributed by atoms with Crippen molar-refractivity contribution in [2.24, 2.45) is 0 Å². The van der Waals surface area contributed by atoms with Crippen LogP contribution in [0.15, 0.2) is 36.4 Å². The average molecular weight is 370 g/mol. The Bertz CT molecular complexity index is 866. The lowest BCUT2D eigenvalue weighted by molar-refractivity contribution is -0.116. The van der Waals surface area contributed by atoms with Gasteiger partial charge in [0.15, 0.2) is 16.6 Å². The van der Waals surface area contributed by atoms with Gasteiger partial charge in [-0.15, -0.1) is 0 Å². The molecule has 0 bridgehead atoms. The summed E-state index contributed by atoms with van der Waals surface area (Å²) in [7, 11) is 3.21. The molecule has 0 aliphatic carbocycles. The number of thiocarbonyl (C=S) groups is 1. The molecule has 1 saturated heterocycles. The first kappa shape index (κ1) is 18.2. The molecule has 1 heterocycles. The summed E-state index contributed by atoms with van der Waals surface area (Å²) >= 11 is 5.60. The number of hydrogen-bond acceptors (Lipinski definition) is 4. The Labute approximate surface area is 159 Å². The number of benzene rings is 2. The summed E-state index contributed by atoms with van der Waals surface area (Å²) in [4.78, 5) is 16.1. The lowest BCUT2D eigenvalue weighted by atomic mass is 10.1. The van der Waals surface area contributed by atoms with Gasteiger partial charge >= 0.3 is 0 Å². The maximum absolute atomic E-state index is 12.6. The number of anilines is 1. The molecule has 1 aliphatic heterocycles. The molecule has 136 valence electrons. The van der Waals surface area contributed by atoms with Crippen LogP contribution in [0.5, 0.6) is 11.5 Å². The van der Waals surface area contributed by atoms with Gasteiger partial charge in [0.2, 0.25) is 0 Å². The molecule has 0 radical (unpaired) electrons. The van der Waals surface area contributed by atoms with E-state index in [9.17, 15) is 4.79 Å². The number of aryl methyl sites for hydroxylation is 2. The third-order valence-corrected chi connectivity index (χ3v) is 4.89. The molecule has 0 N–H and O–H groups in total.